The Morgan fingerprint density at radius 2 is 2.06 bits per heavy atom. The number of halogens is 1. The smallest absolute Gasteiger partial charge is 0.123 e. The lowest BCUT2D eigenvalue weighted by Crippen LogP contribution is -2.12. The lowest BCUT2D eigenvalue weighted by molar-refractivity contribution is 0.350. The van der Waals surface area contributed by atoms with Crippen molar-refractivity contribution in [3.63, 3.8) is 0 Å². The highest BCUT2D eigenvalue weighted by Gasteiger charge is 2.18. The van der Waals surface area contributed by atoms with Gasteiger partial charge in [0, 0.05) is 17.1 Å². The fourth-order valence-electron chi connectivity index (χ4n) is 1.94. The van der Waals surface area contributed by atoms with Gasteiger partial charge >= 0.3 is 0 Å². The summed E-state index contributed by atoms with van der Waals surface area (Å²) in [4.78, 5) is 3.20. The van der Waals surface area contributed by atoms with Crippen molar-refractivity contribution in [1.29, 1.82) is 0 Å². The van der Waals surface area contributed by atoms with E-state index in [1.54, 1.807) is 12.1 Å². The molecule has 1 nitrogen and oxygen atoms in total. The number of hydrogen-bond acceptors (Lipinski definition) is 0. The Balaban J connectivity index is 2.41. The molecule has 2 aromatic rings. The molecule has 0 amide bonds. The van der Waals surface area contributed by atoms with Gasteiger partial charge in [0.15, 0.2) is 0 Å². The van der Waals surface area contributed by atoms with Gasteiger partial charge in [0.25, 0.3) is 0 Å². The molecule has 0 aliphatic carbocycles. The van der Waals surface area contributed by atoms with E-state index in [4.69, 9.17) is 0 Å². The molecule has 0 unspecified atom stereocenters. The zero-order chi connectivity index (χ0) is 11.8. The highest BCUT2D eigenvalue weighted by Crippen LogP contribution is 2.29. The van der Waals surface area contributed by atoms with Crippen LogP contribution < -0.4 is 0 Å². The Morgan fingerprint density at radius 3 is 2.75 bits per heavy atom. The van der Waals surface area contributed by atoms with Gasteiger partial charge in [-0.1, -0.05) is 27.2 Å². The zero-order valence-electron chi connectivity index (χ0n) is 10.1. The lowest BCUT2D eigenvalue weighted by Gasteiger charge is -2.21. The third-order valence-corrected chi connectivity index (χ3v) is 3.36. The lowest BCUT2D eigenvalue weighted by atomic mass is 9.83. The number of H-pyrrole nitrogens is 1. The first-order valence-corrected chi connectivity index (χ1v) is 5.77. The average molecular weight is 219 g/mol. The molecule has 0 saturated carbocycles. The van der Waals surface area contributed by atoms with Crippen molar-refractivity contribution in [1.82, 2.24) is 4.98 Å². The van der Waals surface area contributed by atoms with Gasteiger partial charge in [-0.15, -0.1) is 0 Å². The van der Waals surface area contributed by atoms with Crippen LogP contribution in [0, 0.1) is 11.2 Å². The first-order valence-electron chi connectivity index (χ1n) is 5.77. The first-order chi connectivity index (χ1) is 7.52. The number of fused-ring (bicyclic) bond motifs is 1. The van der Waals surface area contributed by atoms with Crippen LogP contribution in [-0.2, 0) is 6.42 Å². The van der Waals surface area contributed by atoms with Crippen LogP contribution in [0.3, 0.4) is 0 Å². The maximum Gasteiger partial charge on any atom is 0.123 e. The molecular weight excluding hydrogens is 201 g/mol. The van der Waals surface area contributed by atoms with Crippen LogP contribution in [0.2, 0.25) is 0 Å². The Hall–Kier alpha value is -1.31. The van der Waals surface area contributed by atoms with E-state index in [-0.39, 0.29) is 11.2 Å². The van der Waals surface area contributed by atoms with Gasteiger partial charge in [-0.05, 0) is 35.6 Å². The van der Waals surface area contributed by atoms with Crippen LogP contribution in [0.1, 0.15) is 32.8 Å². The summed E-state index contributed by atoms with van der Waals surface area (Å²) in [5.74, 6) is -0.164. The fraction of sp³-hybridized carbons (Fsp3) is 0.429. The van der Waals surface area contributed by atoms with Crippen molar-refractivity contribution in [2.24, 2.45) is 5.41 Å². The second-order valence-corrected chi connectivity index (χ2v) is 5.20. The predicted molar refractivity (Wildman–Crippen MR) is 66.0 cm³/mol. The molecular formula is C14H18FN. The molecule has 1 N–H and O–H groups in total. The summed E-state index contributed by atoms with van der Waals surface area (Å²) in [6, 6.07) is 4.91. The Morgan fingerprint density at radius 1 is 1.31 bits per heavy atom. The number of aromatic nitrogens is 1. The molecule has 0 saturated heterocycles. The minimum atomic E-state index is -0.164. The second kappa shape index (κ2) is 3.93. The van der Waals surface area contributed by atoms with Crippen molar-refractivity contribution in [2.75, 3.05) is 0 Å². The summed E-state index contributed by atoms with van der Waals surface area (Å²) in [6.07, 6.45) is 4.10. The maximum atomic E-state index is 13.2. The predicted octanol–water partition coefficient (Wildman–Crippen LogP) is 4.29. The molecule has 0 spiro atoms. The van der Waals surface area contributed by atoms with E-state index in [0.29, 0.717) is 0 Å². The molecule has 16 heavy (non-hydrogen) atoms. The Labute approximate surface area is 95.7 Å². The molecule has 1 heterocycles. The van der Waals surface area contributed by atoms with Gasteiger partial charge in [0.1, 0.15) is 5.82 Å². The van der Waals surface area contributed by atoms with E-state index in [1.807, 2.05) is 6.20 Å². The highest BCUT2D eigenvalue weighted by atomic mass is 19.1. The number of hydrogen-bond donors (Lipinski definition) is 1. The van der Waals surface area contributed by atoms with Gasteiger partial charge in [0.2, 0.25) is 0 Å². The summed E-state index contributed by atoms with van der Waals surface area (Å²) in [5.41, 5.74) is 2.49. The van der Waals surface area contributed by atoms with E-state index in [2.05, 4.69) is 25.8 Å². The van der Waals surface area contributed by atoms with Crippen molar-refractivity contribution >= 4 is 10.9 Å². The molecule has 0 aliphatic heterocycles. The van der Waals surface area contributed by atoms with E-state index in [1.165, 1.54) is 11.6 Å². The second-order valence-electron chi connectivity index (χ2n) is 5.20. The first kappa shape index (κ1) is 11.2. The molecule has 1 aromatic carbocycles. The Bertz CT molecular complexity index is 496. The van der Waals surface area contributed by atoms with Crippen LogP contribution in [0.15, 0.2) is 24.4 Å². The molecule has 1 aromatic heterocycles. The number of benzene rings is 1. The Kier molecular flexibility index (Phi) is 2.75. The molecule has 0 radical (unpaired) electrons. The summed E-state index contributed by atoms with van der Waals surface area (Å²) in [7, 11) is 0. The highest BCUT2D eigenvalue weighted by molar-refractivity contribution is 5.83. The third kappa shape index (κ3) is 2.11. The fourth-order valence-corrected chi connectivity index (χ4v) is 1.94. The largest absolute Gasteiger partial charge is 0.361 e. The summed E-state index contributed by atoms with van der Waals surface area (Å²) in [5, 5.41) is 1.02. The van der Waals surface area contributed by atoms with Crippen LogP contribution in [0.4, 0.5) is 4.39 Å². The molecule has 2 heteroatoms. The minimum Gasteiger partial charge on any atom is -0.361 e. The van der Waals surface area contributed by atoms with Gasteiger partial charge in [0.05, 0.1) is 0 Å². The van der Waals surface area contributed by atoms with Crippen molar-refractivity contribution in [3.05, 3.63) is 35.8 Å². The monoisotopic (exact) mass is 219 g/mol. The van der Waals surface area contributed by atoms with Gasteiger partial charge in [-0.2, -0.15) is 0 Å². The molecule has 0 fully saturated rings. The maximum absolute atomic E-state index is 13.2. The van der Waals surface area contributed by atoms with E-state index >= 15 is 0 Å². The molecule has 86 valence electrons. The average Bonchev–Trinajstić information content (AvgIpc) is 2.61. The zero-order valence-corrected chi connectivity index (χ0v) is 10.1. The number of rotatable bonds is 3. The topological polar surface area (TPSA) is 15.8 Å². The van der Waals surface area contributed by atoms with Crippen LogP contribution in [-0.4, -0.2) is 4.98 Å². The SMILES string of the molecule is CCC(C)(C)Cc1c[nH]c2ccc(F)cc12. The summed E-state index contributed by atoms with van der Waals surface area (Å²) in [6.45, 7) is 6.67. The quantitative estimate of drug-likeness (QED) is 0.792. The van der Waals surface area contributed by atoms with Gasteiger partial charge in [-0.3, -0.25) is 0 Å². The number of aromatic amines is 1. The van der Waals surface area contributed by atoms with Crippen LogP contribution in [0.25, 0.3) is 10.9 Å². The third-order valence-electron chi connectivity index (χ3n) is 3.36. The van der Waals surface area contributed by atoms with Gasteiger partial charge in [-0.25, -0.2) is 4.39 Å². The van der Waals surface area contributed by atoms with Crippen molar-refractivity contribution in [2.45, 2.75) is 33.6 Å². The minimum absolute atomic E-state index is 0.164. The molecule has 0 aliphatic rings. The van der Waals surface area contributed by atoms with E-state index in [0.717, 1.165) is 23.7 Å². The summed E-state index contributed by atoms with van der Waals surface area (Å²) >= 11 is 0. The van der Waals surface area contributed by atoms with Gasteiger partial charge < -0.3 is 4.98 Å². The van der Waals surface area contributed by atoms with Crippen molar-refractivity contribution in [3.8, 4) is 0 Å². The standard InChI is InChI=1S/C14H18FN/c1-4-14(2,3)8-10-9-16-13-6-5-11(15)7-12(10)13/h5-7,9,16H,4,8H2,1-3H3. The van der Waals surface area contributed by atoms with Crippen LogP contribution in [0.5, 0.6) is 0 Å². The molecule has 0 atom stereocenters. The van der Waals surface area contributed by atoms with Crippen molar-refractivity contribution < 1.29 is 4.39 Å². The van der Waals surface area contributed by atoms with Crippen LogP contribution >= 0.6 is 0 Å². The number of nitrogens with one attached hydrogen (secondary N) is 1. The van der Waals surface area contributed by atoms with E-state index in [9.17, 15) is 4.39 Å². The normalized spacial score (nSPS) is 12.2. The summed E-state index contributed by atoms with van der Waals surface area (Å²) < 4.78 is 13.2. The van der Waals surface area contributed by atoms with E-state index < -0.39 is 0 Å². The molecule has 0 bridgehead atoms. The molecule has 2 rings (SSSR count).